The molecule has 1 aromatic carbocycles. The zero-order valence-electron chi connectivity index (χ0n) is 17.1. The molecule has 152 valence electrons. The van der Waals surface area contributed by atoms with E-state index in [-0.39, 0.29) is 0 Å². The highest BCUT2D eigenvalue weighted by molar-refractivity contribution is 5.65. The SMILES string of the molecule is COc1cccc(-c2ccc3nc(C4CCCN(Cc5ccccn5)C4)nn3c2)c1. The lowest BCUT2D eigenvalue weighted by molar-refractivity contribution is 0.194. The van der Waals surface area contributed by atoms with Gasteiger partial charge < -0.3 is 4.74 Å². The number of ether oxygens (including phenoxy) is 1. The maximum atomic E-state index is 5.36. The molecule has 0 N–H and O–H groups in total. The summed E-state index contributed by atoms with van der Waals surface area (Å²) >= 11 is 0. The lowest BCUT2D eigenvalue weighted by Gasteiger charge is -2.31. The van der Waals surface area contributed by atoms with Crippen LogP contribution in [-0.2, 0) is 6.54 Å². The summed E-state index contributed by atoms with van der Waals surface area (Å²) in [6, 6.07) is 18.3. The van der Waals surface area contributed by atoms with Gasteiger partial charge >= 0.3 is 0 Å². The van der Waals surface area contributed by atoms with Crippen LogP contribution in [0.2, 0.25) is 0 Å². The normalized spacial score (nSPS) is 17.3. The number of benzene rings is 1. The van der Waals surface area contributed by atoms with E-state index in [0.29, 0.717) is 5.92 Å². The summed E-state index contributed by atoms with van der Waals surface area (Å²) in [5.74, 6) is 2.13. The van der Waals surface area contributed by atoms with Crippen LogP contribution in [0.5, 0.6) is 5.75 Å². The van der Waals surface area contributed by atoms with Crippen LogP contribution >= 0.6 is 0 Å². The molecule has 1 fully saturated rings. The van der Waals surface area contributed by atoms with Crippen LogP contribution in [0.25, 0.3) is 16.8 Å². The summed E-state index contributed by atoms with van der Waals surface area (Å²) in [5.41, 5.74) is 4.20. The second kappa shape index (κ2) is 8.24. The molecule has 1 aliphatic heterocycles. The van der Waals surface area contributed by atoms with E-state index in [1.165, 1.54) is 0 Å². The Morgan fingerprint density at radius 3 is 2.90 bits per heavy atom. The quantitative estimate of drug-likeness (QED) is 0.504. The summed E-state index contributed by atoms with van der Waals surface area (Å²) in [6.07, 6.45) is 6.19. The van der Waals surface area contributed by atoms with Crippen molar-refractivity contribution in [2.45, 2.75) is 25.3 Å². The van der Waals surface area contributed by atoms with Crippen molar-refractivity contribution in [3.05, 3.63) is 78.5 Å². The van der Waals surface area contributed by atoms with E-state index in [1.54, 1.807) is 7.11 Å². The second-order valence-corrected chi connectivity index (χ2v) is 7.82. The van der Waals surface area contributed by atoms with Gasteiger partial charge in [0.25, 0.3) is 0 Å². The van der Waals surface area contributed by atoms with E-state index in [1.807, 2.05) is 47.1 Å². The fourth-order valence-corrected chi connectivity index (χ4v) is 4.18. The Kier molecular flexibility index (Phi) is 5.15. The lowest BCUT2D eigenvalue weighted by atomic mass is 9.97. The first-order valence-corrected chi connectivity index (χ1v) is 10.4. The maximum absolute atomic E-state index is 5.36. The highest BCUT2D eigenvalue weighted by atomic mass is 16.5. The smallest absolute Gasteiger partial charge is 0.156 e. The molecule has 0 amide bonds. The highest BCUT2D eigenvalue weighted by Crippen LogP contribution is 2.27. The third-order valence-electron chi connectivity index (χ3n) is 5.73. The molecule has 0 saturated carbocycles. The number of rotatable bonds is 5. The van der Waals surface area contributed by atoms with Gasteiger partial charge in [0.2, 0.25) is 0 Å². The average molecular weight is 399 g/mol. The van der Waals surface area contributed by atoms with Crippen LogP contribution in [0.4, 0.5) is 0 Å². The molecule has 0 spiro atoms. The maximum Gasteiger partial charge on any atom is 0.156 e. The largest absolute Gasteiger partial charge is 0.497 e. The van der Waals surface area contributed by atoms with Crippen LogP contribution in [0.15, 0.2) is 67.0 Å². The van der Waals surface area contributed by atoms with Crippen molar-refractivity contribution in [2.24, 2.45) is 0 Å². The Balaban J connectivity index is 1.36. The summed E-state index contributed by atoms with van der Waals surface area (Å²) in [7, 11) is 1.69. The van der Waals surface area contributed by atoms with Gasteiger partial charge in [0.05, 0.1) is 12.8 Å². The van der Waals surface area contributed by atoms with Gasteiger partial charge in [0.1, 0.15) is 5.75 Å². The van der Waals surface area contributed by atoms with Crippen molar-refractivity contribution in [1.82, 2.24) is 24.5 Å². The van der Waals surface area contributed by atoms with Crippen molar-refractivity contribution in [3.63, 3.8) is 0 Å². The number of nitrogens with zero attached hydrogens (tertiary/aromatic N) is 5. The van der Waals surface area contributed by atoms with Gasteiger partial charge in [-0.1, -0.05) is 18.2 Å². The summed E-state index contributed by atoms with van der Waals surface area (Å²) in [4.78, 5) is 11.8. The second-order valence-electron chi connectivity index (χ2n) is 7.82. The summed E-state index contributed by atoms with van der Waals surface area (Å²) in [5, 5.41) is 4.84. The molecule has 0 bridgehead atoms. The van der Waals surface area contributed by atoms with E-state index in [0.717, 1.165) is 66.5 Å². The molecule has 3 aromatic heterocycles. The standard InChI is InChI=1S/C24H25N5O/c1-30-22-9-4-6-18(14-22)19-10-11-23-26-24(27-29(23)16-19)20-7-5-13-28(15-20)17-21-8-2-3-12-25-21/h2-4,6,8-12,14,16,20H,5,7,13,15,17H2,1H3. The van der Waals surface area contributed by atoms with Gasteiger partial charge in [-0.25, -0.2) is 9.50 Å². The molecule has 5 rings (SSSR count). The van der Waals surface area contributed by atoms with Crippen molar-refractivity contribution < 1.29 is 4.74 Å². The van der Waals surface area contributed by atoms with E-state index in [4.69, 9.17) is 14.8 Å². The molecular weight excluding hydrogens is 374 g/mol. The molecule has 6 nitrogen and oxygen atoms in total. The third kappa shape index (κ3) is 3.91. The Labute approximate surface area is 176 Å². The van der Waals surface area contributed by atoms with Gasteiger partial charge in [-0.15, -0.1) is 0 Å². The van der Waals surface area contributed by atoms with Gasteiger partial charge in [-0.2, -0.15) is 5.10 Å². The van der Waals surface area contributed by atoms with Gasteiger partial charge in [-0.3, -0.25) is 9.88 Å². The van der Waals surface area contributed by atoms with Crippen LogP contribution in [-0.4, -0.2) is 44.7 Å². The van der Waals surface area contributed by atoms with E-state index < -0.39 is 0 Å². The third-order valence-corrected chi connectivity index (χ3v) is 5.73. The molecule has 1 aliphatic rings. The molecular formula is C24H25N5O. The fourth-order valence-electron chi connectivity index (χ4n) is 4.18. The number of methoxy groups -OCH3 is 1. The first-order chi connectivity index (χ1) is 14.8. The Bertz CT molecular complexity index is 1140. The Morgan fingerprint density at radius 1 is 1.07 bits per heavy atom. The van der Waals surface area contributed by atoms with Crippen molar-refractivity contribution in [3.8, 4) is 16.9 Å². The minimum atomic E-state index is 0.350. The first-order valence-electron chi connectivity index (χ1n) is 10.4. The first kappa shape index (κ1) is 18.8. The van der Waals surface area contributed by atoms with Gasteiger partial charge in [-0.05, 0) is 61.3 Å². The lowest BCUT2D eigenvalue weighted by Crippen LogP contribution is -2.34. The highest BCUT2D eigenvalue weighted by Gasteiger charge is 2.25. The topological polar surface area (TPSA) is 55.5 Å². The van der Waals surface area contributed by atoms with E-state index in [9.17, 15) is 0 Å². The minimum Gasteiger partial charge on any atom is -0.497 e. The van der Waals surface area contributed by atoms with Gasteiger partial charge in [0.15, 0.2) is 11.5 Å². The summed E-state index contributed by atoms with van der Waals surface area (Å²) in [6.45, 7) is 2.95. The molecule has 0 aliphatic carbocycles. The van der Waals surface area contributed by atoms with Crippen molar-refractivity contribution in [1.29, 1.82) is 0 Å². The molecule has 0 radical (unpaired) electrons. The zero-order valence-corrected chi connectivity index (χ0v) is 17.1. The summed E-state index contributed by atoms with van der Waals surface area (Å²) < 4.78 is 7.26. The number of likely N-dealkylation sites (tertiary alicyclic amines) is 1. The molecule has 30 heavy (non-hydrogen) atoms. The number of fused-ring (bicyclic) bond motifs is 1. The monoisotopic (exact) mass is 399 g/mol. The Hall–Kier alpha value is -3.25. The predicted octanol–water partition coefficient (Wildman–Crippen LogP) is 4.18. The number of aromatic nitrogens is 4. The predicted molar refractivity (Wildman–Crippen MR) is 116 cm³/mol. The number of hydrogen-bond acceptors (Lipinski definition) is 5. The molecule has 4 aromatic rings. The van der Waals surface area contributed by atoms with Crippen molar-refractivity contribution in [2.75, 3.05) is 20.2 Å². The fraction of sp³-hybridized carbons (Fsp3) is 0.292. The zero-order chi connectivity index (χ0) is 20.3. The minimum absolute atomic E-state index is 0.350. The van der Waals surface area contributed by atoms with E-state index >= 15 is 0 Å². The van der Waals surface area contributed by atoms with Crippen molar-refractivity contribution >= 4 is 5.65 Å². The molecule has 1 saturated heterocycles. The van der Waals surface area contributed by atoms with Crippen LogP contribution < -0.4 is 4.74 Å². The molecule has 6 heteroatoms. The Morgan fingerprint density at radius 2 is 2.03 bits per heavy atom. The average Bonchev–Trinajstić information content (AvgIpc) is 3.23. The number of piperidine rings is 1. The van der Waals surface area contributed by atoms with Gasteiger partial charge in [0, 0.05) is 37.0 Å². The number of pyridine rings is 2. The van der Waals surface area contributed by atoms with Crippen LogP contribution in [0.1, 0.15) is 30.3 Å². The molecule has 4 heterocycles. The molecule has 1 unspecified atom stereocenters. The van der Waals surface area contributed by atoms with E-state index in [2.05, 4.69) is 34.3 Å². The van der Waals surface area contributed by atoms with Crippen LogP contribution in [0, 0.1) is 0 Å². The van der Waals surface area contributed by atoms with Crippen LogP contribution in [0.3, 0.4) is 0 Å². The molecule has 1 atom stereocenters. The number of hydrogen-bond donors (Lipinski definition) is 0.